The second kappa shape index (κ2) is 8.01. The molecule has 1 aromatic rings. The summed E-state index contributed by atoms with van der Waals surface area (Å²) in [5.74, 6) is -2.79. The standard InChI is InChI=1S/C14H18N2O5/c1-9(14(20)21)16-13(19)11(15-8-12(17)18)7-10-5-3-2-4-6-10/h2-6,9,11,15H,7-8H2,1H3,(H,16,19)(H,17,18)(H,20,21). The molecule has 0 spiro atoms. The number of aliphatic carboxylic acids is 2. The minimum absolute atomic E-state index is 0.270. The molecule has 1 rings (SSSR count). The first-order valence-corrected chi connectivity index (χ1v) is 6.42. The normalized spacial score (nSPS) is 13.2. The van der Waals surface area contributed by atoms with E-state index in [0.29, 0.717) is 0 Å². The van der Waals surface area contributed by atoms with Crippen molar-refractivity contribution >= 4 is 17.8 Å². The Morgan fingerprint density at radius 3 is 2.29 bits per heavy atom. The van der Waals surface area contributed by atoms with Gasteiger partial charge in [0.25, 0.3) is 0 Å². The second-order valence-corrected chi connectivity index (χ2v) is 4.59. The molecule has 1 aromatic carbocycles. The van der Waals surface area contributed by atoms with Gasteiger partial charge in [-0.15, -0.1) is 0 Å². The molecule has 7 nitrogen and oxygen atoms in total. The topological polar surface area (TPSA) is 116 Å². The quantitative estimate of drug-likeness (QED) is 0.530. The molecule has 7 heteroatoms. The number of amides is 1. The van der Waals surface area contributed by atoms with Crippen molar-refractivity contribution in [2.24, 2.45) is 0 Å². The van der Waals surface area contributed by atoms with Gasteiger partial charge in [-0.05, 0) is 18.9 Å². The van der Waals surface area contributed by atoms with Gasteiger partial charge in [0.2, 0.25) is 5.91 Å². The predicted octanol–water partition coefficient (Wildman–Crippen LogP) is -0.139. The lowest BCUT2D eigenvalue weighted by molar-refractivity contribution is -0.142. The van der Waals surface area contributed by atoms with E-state index >= 15 is 0 Å². The Balaban J connectivity index is 2.73. The smallest absolute Gasteiger partial charge is 0.325 e. The number of carboxylic acids is 2. The van der Waals surface area contributed by atoms with Gasteiger partial charge in [-0.1, -0.05) is 30.3 Å². The molecular weight excluding hydrogens is 276 g/mol. The monoisotopic (exact) mass is 294 g/mol. The average Bonchev–Trinajstić information content (AvgIpc) is 2.44. The number of rotatable bonds is 8. The molecule has 114 valence electrons. The first kappa shape index (κ1) is 16.6. The van der Waals surface area contributed by atoms with Crippen LogP contribution in [-0.2, 0) is 20.8 Å². The fourth-order valence-electron chi connectivity index (χ4n) is 1.69. The molecule has 0 fully saturated rings. The van der Waals surface area contributed by atoms with Crippen LogP contribution in [0, 0.1) is 0 Å². The van der Waals surface area contributed by atoms with Crippen LogP contribution in [0.15, 0.2) is 30.3 Å². The maximum atomic E-state index is 12.0. The van der Waals surface area contributed by atoms with Crippen LogP contribution in [0.2, 0.25) is 0 Å². The van der Waals surface area contributed by atoms with Crippen LogP contribution in [0.25, 0.3) is 0 Å². The van der Waals surface area contributed by atoms with Crippen LogP contribution in [0.3, 0.4) is 0 Å². The van der Waals surface area contributed by atoms with Gasteiger partial charge in [-0.2, -0.15) is 0 Å². The third-order valence-corrected chi connectivity index (χ3v) is 2.83. The van der Waals surface area contributed by atoms with Gasteiger partial charge < -0.3 is 15.5 Å². The fourth-order valence-corrected chi connectivity index (χ4v) is 1.69. The largest absolute Gasteiger partial charge is 0.480 e. The van der Waals surface area contributed by atoms with Crippen molar-refractivity contribution in [2.75, 3.05) is 6.54 Å². The molecule has 0 bridgehead atoms. The van der Waals surface area contributed by atoms with E-state index in [4.69, 9.17) is 10.2 Å². The van der Waals surface area contributed by atoms with Crippen LogP contribution < -0.4 is 10.6 Å². The number of hydrogen-bond acceptors (Lipinski definition) is 4. The minimum atomic E-state index is -1.15. The van der Waals surface area contributed by atoms with Crippen molar-refractivity contribution in [3.63, 3.8) is 0 Å². The molecule has 0 saturated carbocycles. The summed E-state index contributed by atoms with van der Waals surface area (Å²) in [5, 5.41) is 22.4. The fraction of sp³-hybridized carbons (Fsp3) is 0.357. The summed E-state index contributed by atoms with van der Waals surface area (Å²) in [6.45, 7) is 0.962. The number of carbonyl (C=O) groups excluding carboxylic acids is 1. The van der Waals surface area contributed by atoms with Gasteiger partial charge in [-0.25, -0.2) is 0 Å². The lowest BCUT2D eigenvalue weighted by atomic mass is 10.0. The summed E-state index contributed by atoms with van der Waals surface area (Å²) in [6.07, 6.45) is 0.270. The number of carboxylic acid groups (broad SMARTS) is 2. The predicted molar refractivity (Wildman–Crippen MR) is 74.8 cm³/mol. The van der Waals surface area contributed by atoms with Gasteiger partial charge in [0.1, 0.15) is 6.04 Å². The van der Waals surface area contributed by atoms with Crippen molar-refractivity contribution in [3.8, 4) is 0 Å². The van der Waals surface area contributed by atoms with Gasteiger partial charge in [-0.3, -0.25) is 19.7 Å². The summed E-state index contributed by atoms with van der Waals surface area (Å²) < 4.78 is 0. The number of carbonyl (C=O) groups is 3. The third kappa shape index (κ3) is 6.05. The highest BCUT2D eigenvalue weighted by Crippen LogP contribution is 2.04. The zero-order valence-electron chi connectivity index (χ0n) is 11.6. The molecule has 0 aliphatic carbocycles. The van der Waals surface area contributed by atoms with E-state index in [2.05, 4.69) is 10.6 Å². The SMILES string of the molecule is CC(NC(=O)C(Cc1ccccc1)NCC(=O)O)C(=O)O. The Morgan fingerprint density at radius 2 is 1.76 bits per heavy atom. The molecule has 0 radical (unpaired) electrons. The van der Waals surface area contributed by atoms with Crippen molar-refractivity contribution < 1.29 is 24.6 Å². The lowest BCUT2D eigenvalue weighted by Crippen LogP contribution is -2.51. The molecule has 21 heavy (non-hydrogen) atoms. The van der Waals surface area contributed by atoms with E-state index in [1.165, 1.54) is 6.92 Å². The molecule has 0 aromatic heterocycles. The molecular formula is C14H18N2O5. The zero-order valence-corrected chi connectivity index (χ0v) is 11.6. The summed E-state index contributed by atoms with van der Waals surface area (Å²) in [7, 11) is 0. The second-order valence-electron chi connectivity index (χ2n) is 4.59. The molecule has 1 amide bonds. The summed E-state index contributed by atoms with van der Waals surface area (Å²) in [4.78, 5) is 33.4. The Bertz CT molecular complexity index is 503. The molecule has 2 unspecified atom stereocenters. The minimum Gasteiger partial charge on any atom is -0.480 e. The highest BCUT2D eigenvalue weighted by molar-refractivity contribution is 5.87. The molecule has 0 heterocycles. The van der Waals surface area contributed by atoms with Crippen molar-refractivity contribution in [2.45, 2.75) is 25.4 Å². The first-order chi connectivity index (χ1) is 9.90. The van der Waals surface area contributed by atoms with Gasteiger partial charge in [0.05, 0.1) is 12.6 Å². The number of benzene rings is 1. The van der Waals surface area contributed by atoms with Crippen LogP contribution >= 0.6 is 0 Å². The number of nitrogens with one attached hydrogen (secondary N) is 2. The van der Waals surface area contributed by atoms with Crippen LogP contribution in [0.5, 0.6) is 0 Å². The Kier molecular flexibility index (Phi) is 6.35. The van der Waals surface area contributed by atoms with Gasteiger partial charge in [0, 0.05) is 0 Å². The molecule has 0 saturated heterocycles. The van der Waals surface area contributed by atoms with Crippen LogP contribution in [-0.4, -0.2) is 46.7 Å². The van der Waals surface area contributed by atoms with Crippen LogP contribution in [0.1, 0.15) is 12.5 Å². The Hall–Kier alpha value is -2.41. The maximum Gasteiger partial charge on any atom is 0.325 e. The summed E-state index contributed by atoms with van der Waals surface area (Å²) in [5.41, 5.74) is 0.846. The number of hydrogen-bond donors (Lipinski definition) is 4. The summed E-state index contributed by atoms with van der Waals surface area (Å²) in [6, 6.07) is 7.21. The molecule has 0 aliphatic heterocycles. The van der Waals surface area contributed by atoms with E-state index in [1.807, 2.05) is 18.2 Å². The molecule has 0 aliphatic rings. The highest BCUT2D eigenvalue weighted by Gasteiger charge is 2.23. The Labute approximate surface area is 122 Å². The van der Waals surface area contributed by atoms with E-state index in [-0.39, 0.29) is 13.0 Å². The van der Waals surface area contributed by atoms with Gasteiger partial charge in [0.15, 0.2) is 0 Å². The molecule has 2 atom stereocenters. The Morgan fingerprint density at radius 1 is 1.14 bits per heavy atom. The highest BCUT2D eigenvalue weighted by atomic mass is 16.4. The summed E-state index contributed by atoms with van der Waals surface area (Å²) >= 11 is 0. The van der Waals surface area contributed by atoms with Crippen molar-refractivity contribution in [3.05, 3.63) is 35.9 Å². The first-order valence-electron chi connectivity index (χ1n) is 6.42. The van der Waals surface area contributed by atoms with E-state index in [9.17, 15) is 14.4 Å². The van der Waals surface area contributed by atoms with Crippen molar-refractivity contribution in [1.29, 1.82) is 0 Å². The van der Waals surface area contributed by atoms with E-state index in [1.54, 1.807) is 12.1 Å². The molecule has 4 N–H and O–H groups in total. The van der Waals surface area contributed by atoms with E-state index < -0.39 is 29.9 Å². The zero-order chi connectivity index (χ0) is 15.8. The van der Waals surface area contributed by atoms with Crippen LogP contribution in [0.4, 0.5) is 0 Å². The lowest BCUT2D eigenvalue weighted by Gasteiger charge is -2.19. The van der Waals surface area contributed by atoms with E-state index in [0.717, 1.165) is 5.56 Å². The maximum absolute atomic E-state index is 12.0. The van der Waals surface area contributed by atoms with Crippen molar-refractivity contribution in [1.82, 2.24) is 10.6 Å². The third-order valence-electron chi connectivity index (χ3n) is 2.83. The average molecular weight is 294 g/mol. The van der Waals surface area contributed by atoms with Gasteiger partial charge >= 0.3 is 11.9 Å².